The van der Waals surface area contributed by atoms with Crippen molar-refractivity contribution in [2.45, 2.75) is 31.5 Å². The minimum Gasteiger partial charge on any atom is -0.331 e. The van der Waals surface area contributed by atoms with Gasteiger partial charge in [-0.05, 0) is 33.0 Å². The van der Waals surface area contributed by atoms with Crippen molar-refractivity contribution in [2.24, 2.45) is 5.92 Å². The van der Waals surface area contributed by atoms with Gasteiger partial charge in [-0.2, -0.15) is 0 Å². The summed E-state index contributed by atoms with van der Waals surface area (Å²) < 4.78 is 0. The van der Waals surface area contributed by atoms with E-state index < -0.39 is 0 Å². The fraction of sp³-hybridized carbons (Fsp3) is 0.471. The van der Waals surface area contributed by atoms with Crippen molar-refractivity contribution >= 4 is 5.91 Å². The first-order valence-corrected chi connectivity index (χ1v) is 7.31. The number of nitrogens with zero attached hydrogens (tertiary/aromatic N) is 2. The monoisotopic (exact) mass is 270 g/mol. The number of likely N-dealkylation sites (N-methyl/N-ethyl adjacent to an activating group) is 1. The third-order valence-electron chi connectivity index (χ3n) is 4.52. The number of hydrogen-bond donors (Lipinski definition) is 0. The number of carbonyl (C=O) groups is 1. The van der Waals surface area contributed by atoms with Gasteiger partial charge in [0.15, 0.2) is 0 Å². The maximum Gasteiger partial charge on any atom is 0.245 e. The van der Waals surface area contributed by atoms with Crippen molar-refractivity contribution in [1.29, 1.82) is 0 Å². The number of amides is 1. The Morgan fingerprint density at radius 2 is 1.95 bits per heavy atom. The number of hydrogen-bond acceptors (Lipinski definition) is 2. The zero-order valence-corrected chi connectivity index (χ0v) is 12.4. The SMILES string of the molecule is C[C@@H]1C[C@H]2C=C[C@H]2N1C(=O)[C@@H](c1ccccc1)N(C)C. The Hall–Kier alpha value is -1.61. The molecule has 4 atom stereocenters. The van der Waals surface area contributed by atoms with E-state index in [0.29, 0.717) is 18.0 Å². The Balaban J connectivity index is 1.88. The number of fused-ring (bicyclic) bond motifs is 1. The van der Waals surface area contributed by atoms with Crippen LogP contribution in [0.5, 0.6) is 0 Å². The smallest absolute Gasteiger partial charge is 0.245 e. The lowest BCUT2D eigenvalue weighted by Gasteiger charge is -2.36. The lowest BCUT2D eigenvalue weighted by molar-refractivity contribution is -0.138. The highest BCUT2D eigenvalue weighted by atomic mass is 16.2. The van der Waals surface area contributed by atoms with Gasteiger partial charge in [-0.1, -0.05) is 42.5 Å². The van der Waals surface area contributed by atoms with Gasteiger partial charge in [0.25, 0.3) is 0 Å². The molecule has 1 amide bonds. The summed E-state index contributed by atoms with van der Waals surface area (Å²) in [5, 5.41) is 0. The molecule has 0 spiro atoms. The predicted octanol–water partition coefficient (Wildman–Crippen LogP) is 2.46. The topological polar surface area (TPSA) is 23.6 Å². The van der Waals surface area contributed by atoms with Crippen LogP contribution in [-0.2, 0) is 4.79 Å². The van der Waals surface area contributed by atoms with Crippen LogP contribution in [0.1, 0.15) is 24.9 Å². The van der Waals surface area contributed by atoms with Crippen LogP contribution >= 0.6 is 0 Å². The van der Waals surface area contributed by atoms with Crippen molar-refractivity contribution in [3.63, 3.8) is 0 Å². The molecule has 0 saturated carbocycles. The molecule has 1 fully saturated rings. The Labute approximate surface area is 120 Å². The summed E-state index contributed by atoms with van der Waals surface area (Å²) in [6, 6.07) is 10.5. The van der Waals surface area contributed by atoms with Gasteiger partial charge >= 0.3 is 0 Å². The Morgan fingerprint density at radius 3 is 2.45 bits per heavy atom. The first-order chi connectivity index (χ1) is 9.59. The van der Waals surface area contributed by atoms with E-state index in [1.165, 1.54) is 0 Å². The van der Waals surface area contributed by atoms with Crippen molar-refractivity contribution in [1.82, 2.24) is 9.80 Å². The molecule has 3 nitrogen and oxygen atoms in total. The van der Waals surface area contributed by atoms with E-state index >= 15 is 0 Å². The average molecular weight is 270 g/mol. The molecule has 0 aromatic heterocycles. The summed E-state index contributed by atoms with van der Waals surface area (Å²) >= 11 is 0. The largest absolute Gasteiger partial charge is 0.331 e. The normalized spacial score (nSPS) is 29.2. The minimum atomic E-state index is -0.189. The summed E-state index contributed by atoms with van der Waals surface area (Å²) in [7, 11) is 3.95. The summed E-state index contributed by atoms with van der Waals surface area (Å²) in [4.78, 5) is 17.1. The van der Waals surface area contributed by atoms with Gasteiger partial charge in [0, 0.05) is 12.0 Å². The van der Waals surface area contributed by atoms with Crippen LogP contribution < -0.4 is 0 Å². The van der Waals surface area contributed by atoms with E-state index in [1.54, 1.807) is 0 Å². The van der Waals surface area contributed by atoms with Crippen LogP contribution in [0.4, 0.5) is 0 Å². The second-order valence-electron chi connectivity index (χ2n) is 6.15. The Morgan fingerprint density at radius 1 is 1.25 bits per heavy atom. The van der Waals surface area contributed by atoms with Crippen molar-refractivity contribution in [2.75, 3.05) is 14.1 Å². The second kappa shape index (κ2) is 5.06. The molecule has 0 radical (unpaired) electrons. The summed E-state index contributed by atoms with van der Waals surface area (Å²) in [6.45, 7) is 2.16. The van der Waals surface area contributed by atoms with Crippen LogP contribution in [0.15, 0.2) is 42.5 Å². The van der Waals surface area contributed by atoms with E-state index in [4.69, 9.17) is 0 Å². The second-order valence-corrected chi connectivity index (χ2v) is 6.15. The van der Waals surface area contributed by atoms with Gasteiger partial charge in [0.1, 0.15) is 6.04 Å². The van der Waals surface area contributed by atoms with Gasteiger partial charge in [0.2, 0.25) is 5.91 Å². The maximum atomic E-state index is 13.0. The predicted molar refractivity (Wildman–Crippen MR) is 80.2 cm³/mol. The Kier molecular flexibility index (Phi) is 3.38. The van der Waals surface area contributed by atoms with E-state index in [-0.39, 0.29) is 11.9 Å². The quantitative estimate of drug-likeness (QED) is 0.788. The first kappa shape index (κ1) is 13.4. The maximum absolute atomic E-state index is 13.0. The van der Waals surface area contributed by atoms with Crippen LogP contribution in [0, 0.1) is 5.92 Å². The summed E-state index contributed by atoms with van der Waals surface area (Å²) in [6.07, 6.45) is 5.51. The van der Waals surface area contributed by atoms with Gasteiger partial charge in [-0.3, -0.25) is 9.69 Å². The Bertz CT molecular complexity index is 523. The molecule has 0 unspecified atom stereocenters. The molecule has 1 aliphatic heterocycles. The molecule has 1 aliphatic carbocycles. The molecule has 1 heterocycles. The molecule has 106 valence electrons. The number of benzene rings is 1. The molecular formula is C17H22N2O. The minimum absolute atomic E-state index is 0.189. The summed E-state index contributed by atoms with van der Waals surface area (Å²) in [5.41, 5.74) is 1.07. The number of carbonyl (C=O) groups excluding carboxylic acids is 1. The average Bonchev–Trinajstić information content (AvgIpc) is 2.62. The van der Waals surface area contributed by atoms with Gasteiger partial charge < -0.3 is 4.90 Å². The van der Waals surface area contributed by atoms with E-state index in [0.717, 1.165) is 12.0 Å². The highest BCUT2D eigenvalue weighted by molar-refractivity contribution is 5.84. The van der Waals surface area contributed by atoms with Crippen molar-refractivity contribution < 1.29 is 4.79 Å². The molecule has 1 saturated heterocycles. The van der Waals surface area contributed by atoms with E-state index in [2.05, 4.69) is 24.0 Å². The first-order valence-electron chi connectivity index (χ1n) is 7.31. The van der Waals surface area contributed by atoms with Crippen LogP contribution in [0.3, 0.4) is 0 Å². The van der Waals surface area contributed by atoms with E-state index in [9.17, 15) is 4.79 Å². The molecule has 1 aromatic rings. The molecule has 3 rings (SSSR count). The number of rotatable bonds is 3. The highest BCUT2D eigenvalue weighted by Crippen LogP contribution is 2.39. The molecule has 0 N–H and O–H groups in total. The van der Waals surface area contributed by atoms with E-state index in [1.807, 2.05) is 49.3 Å². The molecule has 20 heavy (non-hydrogen) atoms. The fourth-order valence-corrected chi connectivity index (χ4v) is 3.49. The standard InChI is InChI=1S/C17H22N2O/c1-12-11-14-9-10-15(14)19(12)17(20)16(18(2)3)13-7-5-4-6-8-13/h4-10,12,14-16H,11H2,1-3H3/t12-,14-,15-,16-/m1/s1. The van der Waals surface area contributed by atoms with Gasteiger partial charge in [-0.25, -0.2) is 0 Å². The zero-order chi connectivity index (χ0) is 14.3. The molecule has 0 bridgehead atoms. The number of likely N-dealkylation sites (tertiary alicyclic amines) is 1. The lowest BCUT2D eigenvalue weighted by atomic mass is 9.89. The van der Waals surface area contributed by atoms with Crippen LogP contribution in [-0.4, -0.2) is 41.9 Å². The third kappa shape index (κ3) is 2.06. The van der Waals surface area contributed by atoms with Crippen LogP contribution in [0.25, 0.3) is 0 Å². The molecule has 3 heteroatoms. The highest BCUT2D eigenvalue weighted by Gasteiger charge is 2.45. The molecular weight excluding hydrogens is 248 g/mol. The lowest BCUT2D eigenvalue weighted by Crippen LogP contribution is -2.47. The third-order valence-corrected chi connectivity index (χ3v) is 4.52. The fourth-order valence-electron chi connectivity index (χ4n) is 3.49. The van der Waals surface area contributed by atoms with Crippen LogP contribution in [0.2, 0.25) is 0 Å². The molecule has 2 aliphatic rings. The van der Waals surface area contributed by atoms with Gasteiger partial charge in [0.05, 0.1) is 6.04 Å². The van der Waals surface area contributed by atoms with Crippen molar-refractivity contribution in [3.8, 4) is 0 Å². The van der Waals surface area contributed by atoms with Crippen molar-refractivity contribution in [3.05, 3.63) is 48.0 Å². The van der Waals surface area contributed by atoms with Gasteiger partial charge in [-0.15, -0.1) is 0 Å². The molecule has 1 aromatic carbocycles. The summed E-state index contributed by atoms with van der Waals surface area (Å²) in [5.74, 6) is 0.804. The zero-order valence-electron chi connectivity index (χ0n) is 12.4.